The van der Waals surface area contributed by atoms with E-state index in [0.29, 0.717) is 39.9 Å². The average molecular weight is 416 g/mol. The molecule has 9 nitrogen and oxygen atoms in total. The Balaban J connectivity index is 1.46. The molecule has 4 heterocycles. The summed E-state index contributed by atoms with van der Waals surface area (Å²) in [4.78, 5) is 26.6. The molecule has 1 aliphatic rings. The van der Waals surface area contributed by atoms with E-state index in [9.17, 15) is 10.0 Å². The maximum atomic E-state index is 13.3. The smallest absolute Gasteiger partial charge is 0.274 e. The van der Waals surface area contributed by atoms with E-state index < -0.39 is 0 Å². The predicted octanol–water partition coefficient (Wildman–Crippen LogP) is 3.31. The minimum atomic E-state index is -0.156. The third-order valence-electron chi connectivity index (χ3n) is 5.18. The summed E-state index contributed by atoms with van der Waals surface area (Å²) in [5.74, 6) is 0. The van der Waals surface area contributed by atoms with E-state index in [1.807, 2.05) is 30.3 Å². The second kappa shape index (κ2) is 8.05. The molecule has 0 saturated carbocycles. The molecule has 0 unspecified atom stereocenters. The van der Waals surface area contributed by atoms with Gasteiger partial charge in [-0.2, -0.15) is 0 Å². The Kier molecular flexibility index (Phi) is 4.95. The molecule has 0 saturated heterocycles. The summed E-state index contributed by atoms with van der Waals surface area (Å²) in [5, 5.41) is 11.3. The molecule has 1 aliphatic heterocycles. The van der Waals surface area contributed by atoms with Gasteiger partial charge in [-0.25, -0.2) is 15.1 Å². The van der Waals surface area contributed by atoms with E-state index in [-0.39, 0.29) is 5.56 Å². The van der Waals surface area contributed by atoms with Gasteiger partial charge in [0, 0.05) is 29.5 Å². The number of nitrogens with one attached hydrogen (secondary N) is 2. The largest absolute Gasteiger partial charge is 0.290 e. The van der Waals surface area contributed by atoms with Crippen molar-refractivity contribution in [2.45, 2.75) is 19.3 Å². The molecular formula is C22H20N6O3. The molecule has 0 aliphatic carbocycles. The molecule has 3 N–H and O–H groups in total. The highest BCUT2D eigenvalue weighted by Gasteiger charge is 2.19. The Morgan fingerprint density at radius 2 is 1.94 bits per heavy atom. The molecule has 156 valence electrons. The van der Waals surface area contributed by atoms with Crippen molar-refractivity contribution in [3.05, 3.63) is 88.6 Å². The molecular weight excluding hydrogens is 396 g/mol. The summed E-state index contributed by atoms with van der Waals surface area (Å²) in [7, 11) is 0. The third-order valence-corrected chi connectivity index (χ3v) is 5.18. The molecule has 3 aromatic heterocycles. The van der Waals surface area contributed by atoms with Gasteiger partial charge in [0.25, 0.3) is 5.56 Å². The fraction of sp³-hybridized carbons (Fsp3) is 0.136. The fourth-order valence-corrected chi connectivity index (χ4v) is 3.63. The first kappa shape index (κ1) is 19.0. The molecule has 31 heavy (non-hydrogen) atoms. The molecule has 4 aromatic rings. The van der Waals surface area contributed by atoms with Crippen molar-refractivity contribution in [2.24, 2.45) is 0 Å². The summed E-state index contributed by atoms with van der Waals surface area (Å²) < 4.78 is 1.45. The van der Waals surface area contributed by atoms with Crippen molar-refractivity contribution in [1.29, 1.82) is 0 Å². The molecule has 0 amide bonds. The Morgan fingerprint density at radius 1 is 1.06 bits per heavy atom. The zero-order valence-electron chi connectivity index (χ0n) is 16.5. The average Bonchev–Trinajstić information content (AvgIpc) is 3.17. The summed E-state index contributed by atoms with van der Waals surface area (Å²) in [6.07, 6.45) is 7.55. The van der Waals surface area contributed by atoms with E-state index in [0.717, 1.165) is 18.2 Å². The Morgan fingerprint density at radius 3 is 2.81 bits per heavy atom. The van der Waals surface area contributed by atoms with Gasteiger partial charge in [-0.05, 0) is 73.4 Å². The van der Waals surface area contributed by atoms with E-state index in [1.165, 1.54) is 10.2 Å². The SMILES string of the molecule is O=c1c(CCCc2ccncc2)cc2cccnc2n1Nc1ccc2c(c1)N(O)ON2. The van der Waals surface area contributed by atoms with Crippen LogP contribution in [0.3, 0.4) is 0 Å². The summed E-state index contributed by atoms with van der Waals surface area (Å²) >= 11 is 0. The van der Waals surface area contributed by atoms with E-state index in [4.69, 9.17) is 4.94 Å². The molecule has 9 heteroatoms. The van der Waals surface area contributed by atoms with Gasteiger partial charge in [0.15, 0.2) is 5.65 Å². The van der Waals surface area contributed by atoms with Crippen molar-refractivity contribution in [3.8, 4) is 0 Å². The molecule has 0 radical (unpaired) electrons. The number of aromatic nitrogens is 3. The van der Waals surface area contributed by atoms with Gasteiger partial charge in [-0.1, -0.05) is 0 Å². The monoisotopic (exact) mass is 416 g/mol. The number of benzene rings is 1. The highest BCUT2D eigenvalue weighted by Crippen LogP contribution is 2.33. The Labute approximate surface area is 177 Å². The number of anilines is 3. The van der Waals surface area contributed by atoms with E-state index >= 15 is 0 Å². The minimum Gasteiger partial charge on any atom is -0.290 e. The Hall–Kier alpha value is -3.95. The first-order chi connectivity index (χ1) is 15.2. The lowest BCUT2D eigenvalue weighted by atomic mass is 10.0. The third kappa shape index (κ3) is 3.79. The lowest BCUT2D eigenvalue weighted by Crippen LogP contribution is -2.30. The van der Waals surface area contributed by atoms with Crippen LogP contribution >= 0.6 is 0 Å². The number of aryl methyl sites for hydroxylation is 2. The van der Waals surface area contributed by atoms with Gasteiger partial charge >= 0.3 is 0 Å². The number of fused-ring (bicyclic) bond motifs is 2. The van der Waals surface area contributed by atoms with Gasteiger partial charge in [0.05, 0.1) is 11.4 Å². The van der Waals surface area contributed by atoms with E-state index in [1.54, 1.807) is 36.8 Å². The van der Waals surface area contributed by atoms with Crippen LogP contribution in [-0.2, 0) is 17.8 Å². The highest BCUT2D eigenvalue weighted by atomic mass is 17.0. The summed E-state index contributed by atoms with van der Waals surface area (Å²) in [6, 6.07) is 14.9. The predicted molar refractivity (Wildman–Crippen MR) is 117 cm³/mol. The summed E-state index contributed by atoms with van der Waals surface area (Å²) in [6.45, 7) is 0. The topological polar surface area (TPSA) is 105 Å². The standard InChI is InChI=1S/C22H20N6O3/c29-22-17(4-1-3-15-8-11-23-12-9-15)13-16-5-2-10-24-21(16)27(22)25-18-6-7-19-20(14-18)28(30)31-26-19/h2,5-14,25-26,30H,1,3-4H2. The molecule has 5 rings (SSSR count). The van der Waals surface area contributed by atoms with E-state index in [2.05, 4.69) is 20.9 Å². The lowest BCUT2D eigenvalue weighted by Gasteiger charge is -2.15. The zero-order valence-corrected chi connectivity index (χ0v) is 16.5. The fourth-order valence-electron chi connectivity index (χ4n) is 3.63. The van der Waals surface area contributed by atoms with Crippen LogP contribution in [0.15, 0.2) is 71.9 Å². The molecule has 0 fully saturated rings. The van der Waals surface area contributed by atoms with Gasteiger partial charge in [0.1, 0.15) is 5.69 Å². The molecule has 1 aromatic carbocycles. The van der Waals surface area contributed by atoms with Crippen LogP contribution in [-0.4, -0.2) is 19.9 Å². The van der Waals surface area contributed by atoms with Crippen LogP contribution in [0, 0.1) is 0 Å². The van der Waals surface area contributed by atoms with Crippen molar-refractivity contribution in [1.82, 2.24) is 14.6 Å². The van der Waals surface area contributed by atoms with Crippen LogP contribution < -0.4 is 21.7 Å². The first-order valence-electron chi connectivity index (χ1n) is 9.91. The van der Waals surface area contributed by atoms with Crippen LogP contribution in [0.1, 0.15) is 17.5 Å². The quantitative estimate of drug-likeness (QED) is 0.440. The number of pyridine rings is 3. The van der Waals surface area contributed by atoms with Gasteiger partial charge in [-0.3, -0.25) is 20.4 Å². The zero-order chi connectivity index (χ0) is 21.2. The number of hydrogen-bond donors (Lipinski definition) is 3. The van der Waals surface area contributed by atoms with Crippen LogP contribution in [0.4, 0.5) is 17.1 Å². The number of hydrogen-bond acceptors (Lipinski definition) is 8. The number of rotatable bonds is 6. The molecule has 0 spiro atoms. The highest BCUT2D eigenvalue weighted by molar-refractivity contribution is 5.78. The van der Waals surface area contributed by atoms with Crippen LogP contribution in [0.2, 0.25) is 0 Å². The lowest BCUT2D eigenvalue weighted by molar-refractivity contribution is 0.000628. The van der Waals surface area contributed by atoms with Crippen LogP contribution in [0.5, 0.6) is 0 Å². The normalized spacial score (nSPS) is 12.6. The van der Waals surface area contributed by atoms with Crippen molar-refractivity contribution >= 4 is 28.1 Å². The van der Waals surface area contributed by atoms with Crippen LogP contribution in [0.25, 0.3) is 11.0 Å². The maximum absolute atomic E-state index is 13.3. The van der Waals surface area contributed by atoms with Crippen molar-refractivity contribution < 1.29 is 10.1 Å². The summed E-state index contributed by atoms with van der Waals surface area (Å²) in [5.41, 5.74) is 9.65. The number of nitrogens with zero attached hydrogens (tertiary/aromatic N) is 4. The first-order valence-corrected chi connectivity index (χ1v) is 9.91. The van der Waals surface area contributed by atoms with Crippen molar-refractivity contribution in [3.63, 3.8) is 0 Å². The second-order valence-electron chi connectivity index (χ2n) is 7.25. The van der Waals surface area contributed by atoms with Gasteiger partial charge in [-0.15, -0.1) is 10.2 Å². The molecule has 0 atom stereocenters. The molecule has 0 bridgehead atoms. The Bertz CT molecular complexity index is 1290. The second-order valence-corrected chi connectivity index (χ2v) is 7.25. The van der Waals surface area contributed by atoms with Gasteiger partial charge < -0.3 is 0 Å². The minimum absolute atomic E-state index is 0.156. The van der Waals surface area contributed by atoms with Gasteiger partial charge in [0.2, 0.25) is 0 Å². The maximum Gasteiger partial charge on any atom is 0.274 e. The van der Waals surface area contributed by atoms with Crippen molar-refractivity contribution in [2.75, 3.05) is 16.1 Å².